The molecule has 0 aliphatic rings. The number of amides is 1. The van der Waals surface area contributed by atoms with Gasteiger partial charge in [0.05, 0.1) is 5.57 Å². The van der Waals surface area contributed by atoms with E-state index in [2.05, 4.69) is 4.99 Å². The highest BCUT2D eigenvalue weighted by atomic mass is 16.5. The molecule has 118 valence electrons. The Morgan fingerprint density at radius 1 is 1.04 bits per heavy atom. The van der Waals surface area contributed by atoms with E-state index in [9.17, 15) is 4.79 Å². The van der Waals surface area contributed by atoms with Gasteiger partial charge in [-0.15, -0.1) is 0 Å². The predicted molar refractivity (Wildman–Crippen MR) is 89.9 cm³/mol. The van der Waals surface area contributed by atoms with E-state index in [-0.39, 0.29) is 11.5 Å². The molecule has 0 atom stereocenters. The van der Waals surface area contributed by atoms with Gasteiger partial charge >= 0.3 is 0 Å². The first-order chi connectivity index (χ1) is 11.1. The maximum absolute atomic E-state index is 11.4. The van der Waals surface area contributed by atoms with Crippen LogP contribution in [-0.4, -0.2) is 18.9 Å². The molecular weight excluding hydrogens is 292 g/mol. The van der Waals surface area contributed by atoms with Gasteiger partial charge in [0, 0.05) is 13.1 Å². The molecule has 0 aliphatic carbocycles. The monoisotopic (exact) mass is 310 g/mol. The van der Waals surface area contributed by atoms with Crippen molar-refractivity contribution in [3.05, 3.63) is 66.2 Å². The fourth-order valence-electron chi connectivity index (χ4n) is 1.93. The molecule has 0 aromatic heterocycles. The molecular formula is C18H18N2O3. The third-order valence-corrected chi connectivity index (χ3v) is 2.99. The van der Waals surface area contributed by atoms with Crippen LogP contribution in [0.5, 0.6) is 17.2 Å². The van der Waals surface area contributed by atoms with Gasteiger partial charge in [-0.05, 0) is 31.2 Å². The van der Waals surface area contributed by atoms with Crippen LogP contribution < -0.4 is 15.2 Å². The highest BCUT2D eigenvalue weighted by Gasteiger charge is 2.14. The van der Waals surface area contributed by atoms with Crippen LogP contribution in [0, 0.1) is 0 Å². The van der Waals surface area contributed by atoms with Gasteiger partial charge in [-0.1, -0.05) is 30.3 Å². The molecule has 0 aliphatic heterocycles. The number of aliphatic imine (C=N–C) groups is 1. The zero-order chi connectivity index (χ0) is 16.7. The number of carbonyl (C=O) groups is 1. The first-order valence-electron chi connectivity index (χ1n) is 7.08. The molecule has 0 saturated heterocycles. The summed E-state index contributed by atoms with van der Waals surface area (Å²) in [7, 11) is 1.53. The van der Waals surface area contributed by atoms with Gasteiger partial charge < -0.3 is 15.2 Å². The summed E-state index contributed by atoms with van der Waals surface area (Å²) >= 11 is 0. The number of carbonyl (C=O) groups excluding carboxylic acids is 1. The number of nitrogens with two attached hydrogens (primary N) is 1. The molecule has 5 nitrogen and oxygen atoms in total. The standard InChI is InChI=1S/C18H18N2O3/c1-3-16(17(19)21)18(20-2)23-15-11-7-10-14(12-15)22-13-8-5-4-6-9-13/h3-12H,1-2H3,(H2,19,21)/b16-3-,20-18?. The molecule has 2 rings (SSSR count). The van der Waals surface area contributed by atoms with E-state index < -0.39 is 5.91 Å². The van der Waals surface area contributed by atoms with Crippen molar-refractivity contribution in [3.8, 4) is 17.2 Å². The number of benzene rings is 2. The van der Waals surface area contributed by atoms with Crippen molar-refractivity contribution in [1.82, 2.24) is 0 Å². The first-order valence-corrected chi connectivity index (χ1v) is 7.08. The second-order valence-electron chi connectivity index (χ2n) is 4.59. The summed E-state index contributed by atoms with van der Waals surface area (Å²) < 4.78 is 11.4. The molecule has 1 amide bonds. The van der Waals surface area contributed by atoms with Crippen LogP contribution in [0.1, 0.15) is 6.92 Å². The quantitative estimate of drug-likeness (QED) is 0.523. The molecule has 0 radical (unpaired) electrons. The second kappa shape index (κ2) is 7.79. The molecule has 0 heterocycles. The summed E-state index contributed by atoms with van der Waals surface area (Å²) in [6.45, 7) is 1.70. The van der Waals surface area contributed by atoms with Gasteiger partial charge in [0.2, 0.25) is 5.90 Å². The number of nitrogens with zero attached hydrogens (tertiary/aromatic N) is 1. The van der Waals surface area contributed by atoms with E-state index in [1.807, 2.05) is 36.4 Å². The minimum atomic E-state index is -0.593. The van der Waals surface area contributed by atoms with Gasteiger partial charge in [-0.25, -0.2) is 0 Å². The Bertz CT molecular complexity index is 737. The number of ether oxygens (including phenoxy) is 2. The van der Waals surface area contributed by atoms with Gasteiger partial charge in [-0.2, -0.15) is 0 Å². The summed E-state index contributed by atoms with van der Waals surface area (Å²) in [5.41, 5.74) is 5.54. The Morgan fingerprint density at radius 3 is 2.30 bits per heavy atom. The maximum atomic E-state index is 11.4. The summed E-state index contributed by atoms with van der Waals surface area (Å²) in [6.07, 6.45) is 1.56. The largest absolute Gasteiger partial charge is 0.457 e. The van der Waals surface area contributed by atoms with E-state index in [1.54, 1.807) is 31.2 Å². The highest BCUT2D eigenvalue weighted by molar-refractivity contribution is 6.18. The van der Waals surface area contributed by atoms with E-state index in [0.717, 1.165) is 5.75 Å². The van der Waals surface area contributed by atoms with E-state index >= 15 is 0 Å². The molecule has 5 heteroatoms. The van der Waals surface area contributed by atoms with Crippen molar-refractivity contribution in [2.24, 2.45) is 10.7 Å². The number of hydrogen-bond acceptors (Lipinski definition) is 4. The van der Waals surface area contributed by atoms with Crippen LogP contribution in [0.3, 0.4) is 0 Å². The first kappa shape index (κ1) is 16.3. The molecule has 0 saturated carbocycles. The van der Waals surface area contributed by atoms with Crippen molar-refractivity contribution in [2.75, 3.05) is 7.05 Å². The minimum Gasteiger partial charge on any atom is -0.457 e. The average Bonchev–Trinajstić information content (AvgIpc) is 2.55. The molecule has 0 fully saturated rings. The number of rotatable bonds is 5. The van der Waals surface area contributed by atoms with E-state index in [1.165, 1.54) is 7.05 Å². The molecule has 23 heavy (non-hydrogen) atoms. The number of primary amides is 1. The predicted octanol–water partition coefficient (Wildman–Crippen LogP) is 3.32. The zero-order valence-corrected chi connectivity index (χ0v) is 13.0. The Morgan fingerprint density at radius 2 is 1.70 bits per heavy atom. The van der Waals surface area contributed by atoms with Crippen LogP contribution >= 0.6 is 0 Å². The van der Waals surface area contributed by atoms with Crippen molar-refractivity contribution in [1.29, 1.82) is 0 Å². The van der Waals surface area contributed by atoms with Crippen LogP contribution in [0.2, 0.25) is 0 Å². The normalized spacial score (nSPS) is 11.9. The number of allylic oxidation sites excluding steroid dienone is 1. The van der Waals surface area contributed by atoms with Gasteiger partial charge in [0.15, 0.2) is 0 Å². The fourth-order valence-corrected chi connectivity index (χ4v) is 1.93. The van der Waals surface area contributed by atoms with Crippen molar-refractivity contribution in [2.45, 2.75) is 6.92 Å². The van der Waals surface area contributed by atoms with E-state index in [0.29, 0.717) is 11.5 Å². The van der Waals surface area contributed by atoms with Crippen LogP contribution in [-0.2, 0) is 4.79 Å². The van der Waals surface area contributed by atoms with Crippen LogP contribution in [0.15, 0.2) is 71.2 Å². The lowest BCUT2D eigenvalue weighted by Crippen LogP contribution is -2.24. The topological polar surface area (TPSA) is 73.9 Å². The van der Waals surface area contributed by atoms with Crippen molar-refractivity contribution >= 4 is 11.8 Å². The average molecular weight is 310 g/mol. The highest BCUT2D eigenvalue weighted by Crippen LogP contribution is 2.25. The molecule has 2 aromatic carbocycles. The minimum absolute atomic E-state index is 0.164. The van der Waals surface area contributed by atoms with Gasteiger partial charge in [-0.3, -0.25) is 9.79 Å². The number of para-hydroxylation sites is 1. The smallest absolute Gasteiger partial charge is 0.253 e. The van der Waals surface area contributed by atoms with Crippen molar-refractivity contribution in [3.63, 3.8) is 0 Å². The lowest BCUT2D eigenvalue weighted by molar-refractivity contribution is -0.114. The zero-order valence-electron chi connectivity index (χ0n) is 13.0. The maximum Gasteiger partial charge on any atom is 0.253 e. The molecule has 2 aromatic rings. The van der Waals surface area contributed by atoms with Crippen molar-refractivity contribution < 1.29 is 14.3 Å². The summed E-state index contributed by atoms with van der Waals surface area (Å²) in [6, 6.07) is 16.5. The molecule has 0 unspecified atom stereocenters. The second-order valence-corrected chi connectivity index (χ2v) is 4.59. The third-order valence-electron chi connectivity index (χ3n) is 2.99. The Kier molecular flexibility index (Phi) is 5.52. The molecule has 0 spiro atoms. The lowest BCUT2D eigenvalue weighted by Gasteiger charge is -2.11. The van der Waals surface area contributed by atoms with Gasteiger partial charge in [0.1, 0.15) is 17.2 Å². The van der Waals surface area contributed by atoms with Crippen LogP contribution in [0.4, 0.5) is 0 Å². The fraction of sp³-hybridized carbons (Fsp3) is 0.111. The van der Waals surface area contributed by atoms with Crippen LogP contribution in [0.25, 0.3) is 0 Å². The summed E-state index contributed by atoms with van der Waals surface area (Å²) in [4.78, 5) is 15.4. The molecule has 0 bridgehead atoms. The summed E-state index contributed by atoms with van der Waals surface area (Å²) in [5.74, 6) is 1.41. The third kappa shape index (κ3) is 4.44. The number of hydrogen-bond donors (Lipinski definition) is 1. The van der Waals surface area contributed by atoms with E-state index in [4.69, 9.17) is 15.2 Å². The molecule has 2 N–H and O–H groups in total. The van der Waals surface area contributed by atoms with Gasteiger partial charge in [0.25, 0.3) is 5.91 Å². The Balaban J connectivity index is 2.18. The Labute approximate surface area is 135 Å². The Hall–Kier alpha value is -3.08. The summed E-state index contributed by atoms with van der Waals surface area (Å²) in [5, 5.41) is 0. The SMILES string of the molecule is C/C=C(/C(N)=O)C(=NC)Oc1cccc(Oc2ccccc2)c1. The lowest BCUT2D eigenvalue weighted by atomic mass is 10.2.